The molecule has 4 unspecified atom stereocenters. The highest BCUT2D eigenvalue weighted by atomic mass is 16.6. The van der Waals surface area contributed by atoms with E-state index in [0.29, 0.717) is 11.8 Å². The maximum atomic E-state index is 10.1. The maximum Gasteiger partial charge on any atom is 0.175 e. The number of hydrogen-bond acceptors (Lipinski definition) is 4. The summed E-state index contributed by atoms with van der Waals surface area (Å²) in [5.74, 6) is 6.16. The minimum Gasteiger partial charge on any atom is -0.411 e. The first-order valence-corrected chi connectivity index (χ1v) is 11.0. The van der Waals surface area contributed by atoms with Gasteiger partial charge in [0, 0.05) is 5.41 Å². The molecule has 0 bridgehead atoms. The van der Waals surface area contributed by atoms with Gasteiger partial charge in [0.15, 0.2) is 6.29 Å². The van der Waals surface area contributed by atoms with Gasteiger partial charge >= 0.3 is 0 Å². The normalized spacial score (nSPS) is 63.1. The van der Waals surface area contributed by atoms with Gasteiger partial charge in [0.2, 0.25) is 0 Å². The Bertz CT molecular complexity index is 816. The average Bonchev–Trinajstić information content (AvgIpc) is 3.58. The minimum absolute atomic E-state index is 0.191. The van der Waals surface area contributed by atoms with Crippen LogP contribution < -0.4 is 0 Å². The number of allylic oxidation sites excluding steroid dienone is 2. The van der Waals surface area contributed by atoms with Crippen LogP contribution in [0.4, 0.5) is 0 Å². The molecule has 6 aliphatic carbocycles. The molecule has 0 aromatic heterocycles. The molecule has 0 aromatic rings. The predicted molar refractivity (Wildman–Crippen MR) is 100.0 cm³/mol. The molecule has 7 aliphatic rings. The Morgan fingerprint density at radius 3 is 2.81 bits per heavy atom. The smallest absolute Gasteiger partial charge is 0.175 e. The second kappa shape index (κ2) is 4.71. The van der Waals surface area contributed by atoms with E-state index in [1.807, 2.05) is 6.08 Å². The monoisotopic (exact) mass is 367 g/mol. The summed E-state index contributed by atoms with van der Waals surface area (Å²) in [6.45, 7) is 2.49. The summed E-state index contributed by atoms with van der Waals surface area (Å²) in [5.41, 5.74) is 2.51. The average molecular weight is 367 g/mol. The molecule has 0 aromatic carbocycles. The van der Waals surface area contributed by atoms with Crippen molar-refractivity contribution in [2.45, 2.75) is 57.3 Å². The maximum absolute atomic E-state index is 10.1. The van der Waals surface area contributed by atoms with Crippen LogP contribution in [0.25, 0.3) is 0 Å². The summed E-state index contributed by atoms with van der Waals surface area (Å²) in [4.78, 5) is 0. The van der Waals surface area contributed by atoms with E-state index in [1.54, 1.807) is 5.57 Å². The van der Waals surface area contributed by atoms with Gasteiger partial charge in [-0.25, -0.2) is 0 Å². The minimum atomic E-state index is -0.705. The highest BCUT2D eigenvalue weighted by Crippen LogP contribution is 2.80. The molecule has 2 N–H and O–H groups in total. The van der Waals surface area contributed by atoms with Crippen LogP contribution in [0.5, 0.6) is 0 Å². The van der Waals surface area contributed by atoms with Crippen LogP contribution in [-0.4, -0.2) is 27.9 Å². The number of oxime groups is 1. The number of fused-ring (bicyclic) bond motifs is 12. The SMILES string of the molecule is C[C@]12CCC3C(C1[C@@H]1C[C@@H]1[C@@]21C=CC(O)O1)[C@@H]1C[C@@H]1C1=C/C(=N/O)CC[C@@H]13. The molecular formula is C23H29NO3. The first kappa shape index (κ1) is 15.8. The molecule has 0 radical (unpaired) electrons. The third-order valence-corrected chi connectivity index (χ3v) is 10.1. The van der Waals surface area contributed by atoms with Gasteiger partial charge in [-0.15, -0.1) is 0 Å². The van der Waals surface area contributed by atoms with E-state index in [1.165, 1.54) is 32.1 Å². The molecule has 4 heteroatoms. The van der Waals surface area contributed by atoms with Crippen LogP contribution in [0.3, 0.4) is 0 Å². The lowest BCUT2D eigenvalue weighted by molar-refractivity contribution is -0.195. The summed E-state index contributed by atoms with van der Waals surface area (Å²) < 4.78 is 6.29. The summed E-state index contributed by atoms with van der Waals surface area (Å²) in [7, 11) is 0. The lowest BCUT2D eigenvalue weighted by Crippen LogP contribution is -2.55. The van der Waals surface area contributed by atoms with Gasteiger partial charge in [0.05, 0.1) is 11.3 Å². The van der Waals surface area contributed by atoms with Crippen LogP contribution in [0.2, 0.25) is 0 Å². The number of aliphatic hydroxyl groups is 1. The molecule has 0 amide bonds. The van der Waals surface area contributed by atoms with Crippen molar-refractivity contribution in [3.05, 3.63) is 23.8 Å². The van der Waals surface area contributed by atoms with Crippen LogP contribution in [0.1, 0.15) is 45.4 Å². The van der Waals surface area contributed by atoms with Crippen molar-refractivity contribution in [3.8, 4) is 0 Å². The van der Waals surface area contributed by atoms with Crippen molar-refractivity contribution in [2.75, 3.05) is 0 Å². The molecule has 5 saturated carbocycles. The molecule has 11 atom stereocenters. The Kier molecular flexibility index (Phi) is 2.75. The van der Waals surface area contributed by atoms with Crippen LogP contribution in [0.15, 0.2) is 29.0 Å². The number of hydrogen-bond donors (Lipinski definition) is 2. The lowest BCUT2D eigenvalue weighted by atomic mass is 9.49. The summed E-state index contributed by atoms with van der Waals surface area (Å²) >= 11 is 0. The van der Waals surface area contributed by atoms with Crippen molar-refractivity contribution in [1.29, 1.82) is 0 Å². The highest BCUT2D eigenvalue weighted by Gasteiger charge is 2.78. The van der Waals surface area contributed by atoms with Gasteiger partial charge < -0.3 is 15.1 Å². The van der Waals surface area contributed by atoms with E-state index in [2.05, 4.69) is 24.2 Å². The molecule has 7 rings (SSSR count). The Labute approximate surface area is 160 Å². The third kappa shape index (κ3) is 1.68. The van der Waals surface area contributed by atoms with Crippen molar-refractivity contribution in [3.63, 3.8) is 0 Å². The third-order valence-electron chi connectivity index (χ3n) is 10.1. The van der Waals surface area contributed by atoms with Crippen molar-refractivity contribution in [2.24, 2.45) is 57.9 Å². The Hall–Kier alpha value is -1.13. The topological polar surface area (TPSA) is 62.0 Å². The number of nitrogens with zero attached hydrogens (tertiary/aromatic N) is 1. The zero-order valence-corrected chi connectivity index (χ0v) is 15.9. The van der Waals surface area contributed by atoms with Crippen molar-refractivity contribution >= 4 is 5.71 Å². The highest BCUT2D eigenvalue weighted by molar-refractivity contribution is 5.96. The van der Waals surface area contributed by atoms with Gasteiger partial charge in [-0.1, -0.05) is 23.7 Å². The number of aliphatic hydroxyl groups excluding tert-OH is 1. The Balaban J connectivity index is 1.29. The zero-order chi connectivity index (χ0) is 18.1. The number of rotatable bonds is 0. The van der Waals surface area contributed by atoms with E-state index < -0.39 is 6.29 Å². The fourth-order valence-electron chi connectivity index (χ4n) is 9.14. The van der Waals surface area contributed by atoms with Gasteiger partial charge in [0.1, 0.15) is 0 Å². The van der Waals surface area contributed by atoms with Gasteiger partial charge in [-0.3, -0.25) is 0 Å². The lowest BCUT2D eigenvalue weighted by Gasteiger charge is -2.57. The second-order valence-electron chi connectivity index (χ2n) is 10.8. The first-order valence-electron chi connectivity index (χ1n) is 11.0. The van der Waals surface area contributed by atoms with Crippen molar-refractivity contribution in [1.82, 2.24) is 0 Å². The van der Waals surface area contributed by atoms with Gasteiger partial charge in [-0.05, 0) is 98.0 Å². The van der Waals surface area contributed by atoms with Gasteiger partial charge in [0.25, 0.3) is 0 Å². The van der Waals surface area contributed by atoms with E-state index in [0.717, 1.165) is 47.6 Å². The first-order chi connectivity index (χ1) is 13.1. The molecule has 1 heterocycles. The second-order valence-corrected chi connectivity index (χ2v) is 10.8. The molecule has 1 spiro atoms. The Morgan fingerprint density at radius 2 is 2.04 bits per heavy atom. The molecule has 144 valence electrons. The quantitative estimate of drug-likeness (QED) is 0.389. The van der Waals surface area contributed by atoms with E-state index >= 15 is 0 Å². The fourth-order valence-corrected chi connectivity index (χ4v) is 9.14. The molecule has 27 heavy (non-hydrogen) atoms. The molecule has 4 nitrogen and oxygen atoms in total. The molecular weight excluding hydrogens is 338 g/mol. The largest absolute Gasteiger partial charge is 0.411 e. The predicted octanol–water partition coefficient (Wildman–Crippen LogP) is 3.74. The van der Waals surface area contributed by atoms with Gasteiger partial charge in [-0.2, -0.15) is 0 Å². The summed E-state index contributed by atoms with van der Waals surface area (Å²) in [6, 6.07) is 0. The van der Waals surface area contributed by atoms with Crippen molar-refractivity contribution < 1.29 is 15.1 Å². The van der Waals surface area contributed by atoms with E-state index in [4.69, 9.17) is 4.74 Å². The van der Waals surface area contributed by atoms with E-state index in [-0.39, 0.29) is 11.0 Å². The van der Waals surface area contributed by atoms with Crippen LogP contribution in [0, 0.1) is 52.8 Å². The number of ether oxygens (including phenoxy) is 1. The Morgan fingerprint density at radius 1 is 1.15 bits per heavy atom. The van der Waals surface area contributed by atoms with Crippen LogP contribution >= 0.6 is 0 Å². The summed E-state index contributed by atoms with van der Waals surface area (Å²) in [6.07, 6.45) is 13.0. The molecule has 1 aliphatic heterocycles. The molecule has 5 fully saturated rings. The fraction of sp³-hybridized carbons (Fsp3) is 0.783. The van der Waals surface area contributed by atoms with E-state index in [9.17, 15) is 10.3 Å². The zero-order valence-electron chi connectivity index (χ0n) is 15.9. The van der Waals surface area contributed by atoms with Crippen LogP contribution in [-0.2, 0) is 4.74 Å². The molecule has 0 saturated heterocycles. The summed E-state index contributed by atoms with van der Waals surface area (Å²) in [5, 5.41) is 22.9. The standard InChI is InChI=1S/C23H29NO3/c1-22-6-4-13-12-3-2-11(24-26)8-14(12)15-9-16(15)20(13)21(22)17-10-18(17)23(22)7-5-19(25)27-23/h5,7-8,12-13,15-21,25-26H,2-4,6,9-10H2,1H3/b24-11+/t12-,13?,15-,16-,17-,18+,19?,20?,21?,22+,23+/m1/s1.